The molecule has 0 atom stereocenters. The molecule has 0 aliphatic carbocycles. The maximum absolute atomic E-state index is 11.8. The number of nitrogens with zero attached hydrogens (tertiary/aromatic N) is 1. The first-order valence-electron chi connectivity index (χ1n) is 4.83. The van der Waals surface area contributed by atoms with Gasteiger partial charge in [0.25, 0.3) is 5.91 Å². The van der Waals surface area contributed by atoms with Crippen LogP contribution in [0.2, 0.25) is 0 Å². The van der Waals surface area contributed by atoms with Crippen molar-refractivity contribution in [1.29, 1.82) is 0 Å². The first kappa shape index (κ1) is 13.0. The number of amides is 1. The number of pyridine rings is 1. The maximum atomic E-state index is 11.8. The molecule has 17 heavy (non-hydrogen) atoms. The molecule has 0 saturated carbocycles. The molecular formula is C12H12ClN3O. The molecule has 0 radical (unpaired) electrons. The molecule has 88 valence electrons. The van der Waals surface area contributed by atoms with Crippen LogP contribution in [0.5, 0.6) is 0 Å². The SMILES string of the molecule is Cl.Nc1ccccc1C(=O)Nc1cccnc1. The summed E-state index contributed by atoms with van der Waals surface area (Å²) in [5, 5.41) is 2.72. The van der Waals surface area contributed by atoms with Gasteiger partial charge in [0.05, 0.1) is 17.4 Å². The standard InChI is InChI=1S/C12H11N3O.ClH/c13-11-6-2-1-5-10(11)12(16)15-9-4-3-7-14-8-9;/h1-8H,13H2,(H,15,16);1H. The zero-order valence-electron chi connectivity index (χ0n) is 8.96. The van der Waals surface area contributed by atoms with Gasteiger partial charge in [-0.15, -0.1) is 12.4 Å². The molecular weight excluding hydrogens is 238 g/mol. The molecule has 5 heteroatoms. The highest BCUT2D eigenvalue weighted by Crippen LogP contribution is 2.13. The fourth-order valence-corrected chi connectivity index (χ4v) is 1.34. The fraction of sp³-hybridized carbons (Fsp3) is 0. The number of rotatable bonds is 2. The molecule has 0 fully saturated rings. The van der Waals surface area contributed by atoms with Gasteiger partial charge in [0, 0.05) is 11.9 Å². The Kier molecular flexibility index (Phi) is 4.48. The summed E-state index contributed by atoms with van der Waals surface area (Å²) in [6.45, 7) is 0. The first-order valence-corrected chi connectivity index (χ1v) is 4.83. The van der Waals surface area contributed by atoms with Crippen molar-refractivity contribution in [3.63, 3.8) is 0 Å². The van der Waals surface area contributed by atoms with E-state index >= 15 is 0 Å². The number of anilines is 2. The van der Waals surface area contributed by atoms with Gasteiger partial charge in [-0.3, -0.25) is 9.78 Å². The number of aromatic nitrogens is 1. The van der Waals surface area contributed by atoms with E-state index in [0.29, 0.717) is 16.9 Å². The molecule has 4 nitrogen and oxygen atoms in total. The molecule has 2 aromatic rings. The van der Waals surface area contributed by atoms with Crippen molar-refractivity contribution in [2.24, 2.45) is 0 Å². The molecule has 3 N–H and O–H groups in total. The number of benzene rings is 1. The fourth-order valence-electron chi connectivity index (χ4n) is 1.34. The van der Waals surface area contributed by atoms with Crippen LogP contribution in [0.25, 0.3) is 0 Å². The van der Waals surface area contributed by atoms with E-state index in [2.05, 4.69) is 10.3 Å². The number of hydrogen-bond acceptors (Lipinski definition) is 3. The minimum Gasteiger partial charge on any atom is -0.398 e. The van der Waals surface area contributed by atoms with Crippen molar-refractivity contribution in [1.82, 2.24) is 4.98 Å². The quantitative estimate of drug-likeness (QED) is 0.803. The molecule has 1 aromatic carbocycles. The monoisotopic (exact) mass is 249 g/mol. The highest BCUT2D eigenvalue weighted by molar-refractivity contribution is 6.07. The number of carbonyl (C=O) groups is 1. The summed E-state index contributed by atoms with van der Waals surface area (Å²) in [7, 11) is 0. The molecule has 2 rings (SSSR count). The minimum absolute atomic E-state index is 0. The van der Waals surface area contributed by atoms with Gasteiger partial charge in [-0.1, -0.05) is 12.1 Å². The average Bonchev–Trinajstić information content (AvgIpc) is 2.31. The number of nitrogens with one attached hydrogen (secondary N) is 1. The molecule has 0 aliphatic rings. The van der Waals surface area contributed by atoms with Crippen molar-refractivity contribution < 1.29 is 4.79 Å². The van der Waals surface area contributed by atoms with Gasteiger partial charge in [-0.25, -0.2) is 0 Å². The van der Waals surface area contributed by atoms with E-state index in [1.807, 2.05) is 0 Å². The molecule has 0 aliphatic heterocycles. The van der Waals surface area contributed by atoms with Crippen LogP contribution in [0, 0.1) is 0 Å². The molecule has 0 unspecified atom stereocenters. The third-order valence-electron chi connectivity index (χ3n) is 2.12. The minimum atomic E-state index is -0.230. The van der Waals surface area contributed by atoms with E-state index in [1.165, 1.54) is 0 Å². The molecule has 0 saturated heterocycles. The summed E-state index contributed by atoms with van der Waals surface area (Å²) in [6.07, 6.45) is 3.23. The van der Waals surface area contributed by atoms with E-state index in [0.717, 1.165) is 0 Å². The van der Waals surface area contributed by atoms with Crippen LogP contribution in [-0.2, 0) is 0 Å². The Labute approximate surface area is 105 Å². The number of para-hydroxylation sites is 1. The number of nitrogens with two attached hydrogens (primary N) is 1. The molecule has 1 amide bonds. The van der Waals surface area contributed by atoms with Crippen LogP contribution in [-0.4, -0.2) is 10.9 Å². The molecule has 0 bridgehead atoms. The van der Waals surface area contributed by atoms with Crippen LogP contribution in [0.3, 0.4) is 0 Å². The van der Waals surface area contributed by atoms with Gasteiger partial charge in [0.15, 0.2) is 0 Å². The van der Waals surface area contributed by atoms with E-state index in [1.54, 1.807) is 48.8 Å². The maximum Gasteiger partial charge on any atom is 0.257 e. The van der Waals surface area contributed by atoms with Gasteiger partial charge in [-0.2, -0.15) is 0 Å². The lowest BCUT2D eigenvalue weighted by Gasteiger charge is -2.06. The van der Waals surface area contributed by atoms with Gasteiger partial charge >= 0.3 is 0 Å². The van der Waals surface area contributed by atoms with Crippen molar-refractivity contribution in [3.8, 4) is 0 Å². The van der Waals surface area contributed by atoms with E-state index in [-0.39, 0.29) is 18.3 Å². The second-order valence-corrected chi connectivity index (χ2v) is 3.28. The normalized spacial score (nSPS) is 9.18. The Morgan fingerprint density at radius 1 is 1.18 bits per heavy atom. The molecule has 1 heterocycles. The van der Waals surface area contributed by atoms with Crippen molar-refractivity contribution in [2.75, 3.05) is 11.1 Å². The van der Waals surface area contributed by atoms with E-state index < -0.39 is 0 Å². The van der Waals surface area contributed by atoms with Crippen LogP contribution in [0.1, 0.15) is 10.4 Å². The smallest absolute Gasteiger partial charge is 0.257 e. The average molecular weight is 250 g/mol. The highest BCUT2D eigenvalue weighted by atomic mass is 35.5. The lowest BCUT2D eigenvalue weighted by molar-refractivity contribution is 0.102. The second-order valence-electron chi connectivity index (χ2n) is 3.28. The van der Waals surface area contributed by atoms with Crippen LogP contribution >= 0.6 is 12.4 Å². The summed E-state index contributed by atoms with van der Waals surface area (Å²) < 4.78 is 0. The van der Waals surface area contributed by atoms with E-state index in [9.17, 15) is 4.79 Å². The first-order chi connectivity index (χ1) is 7.77. The number of nitrogen functional groups attached to an aromatic ring is 1. The zero-order valence-corrected chi connectivity index (χ0v) is 9.78. The summed E-state index contributed by atoms with van der Waals surface area (Å²) in [6, 6.07) is 10.5. The Hall–Kier alpha value is -2.07. The van der Waals surface area contributed by atoms with Crippen molar-refractivity contribution in [2.45, 2.75) is 0 Å². The van der Waals surface area contributed by atoms with Gasteiger partial charge in [0.2, 0.25) is 0 Å². The Morgan fingerprint density at radius 3 is 2.59 bits per heavy atom. The Morgan fingerprint density at radius 2 is 1.94 bits per heavy atom. The van der Waals surface area contributed by atoms with Crippen LogP contribution < -0.4 is 11.1 Å². The predicted molar refractivity (Wildman–Crippen MR) is 70.3 cm³/mol. The predicted octanol–water partition coefficient (Wildman–Crippen LogP) is 2.34. The van der Waals surface area contributed by atoms with E-state index in [4.69, 9.17) is 5.73 Å². The zero-order chi connectivity index (χ0) is 11.4. The van der Waals surface area contributed by atoms with Crippen LogP contribution in [0.15, 0.2) is 48.8 Å². The summed E-state index contributed by atoms with van der Waals surface area (Å²) in [5.74, 6) is -0.230. The topological polar surface area (TPSA) is 68.0 Å². The van der Waals surface area contributed by atoms with Crippen LogP contribution in [0.4, 0.5) is 11.4 Å². The number of carbonyl (C=O) groups excluding carboxylic acids is 1. The summed E-state index contributed by atoms with van der Waals surface area (Å²) in [5.41, 5.74) is 7.27. The molecule has 0 spiro atoms. The van der Waals surface area contributed by atoms with Crippen molar-refractivity contribution >= 4 is 29.7 Å². The number of hydrogen-bond donors (Lipinski definition) is 2. The van der Waals surface area contributed by atoms with Gasteiger partial charge in [0.1, 0.15) is 0 Å². The highest BCUT2D eigenvalue weighted by Gasteiger charge is 2.08. The molecule has 1 aromatic heterocycles. The third-order valence-corrected chi connectivity index (χ3v) is 2.12. The van der Waals surface area contributed by atoms with Crippen molar-refractivity contribution in [3.05, 3.63) is 54.4 Å². The lowest BCUT2D eigenvalue weighted by Crippen LogP contribution is -2.13. The largest absolute Gasteiger partial charge is 0.398 e. The summed E-state index contributed by atoms with van der Waals surface area (Å²) >= 11 is 0. The third kappa shape index (κ3) is 3.19. The summed E-state index contributed by atoms with van der Waals surface area (Å²) in [4.78, 5) is 15.7. The Bertz CT molecular complexity index is 502. The Balaban J connectivity index is 0.00000144. The second kappa shape index (κ2) is 5.86. The van der Waals surface area contributed by atoms with Gasteiger partial charge in [-0.05, 0) is 24.3 Å². The van der Waals surface area contributed by atoms with Gasteiger partial charge < -0.3 is 11.1 Å². The lowest BCUT2D eigenvalue weighted by atomic mass is 10.1. The number of halogens is 1.